The molecule has 5 nitrogen and oxygen atoms in total. The van der Waals surface area contributed by atoms with Crippen LogP contribution in [-0.4, -0.2) is 22.8 Å². The third-order valence-electron chi connectivity index (χ3n) is 3.16. The molecule has 22 heavy (non-hydrogen) atoms. The number of ether oxygens (including phenoxy) is 1. The van der Waals surface area contributed by atoms with Gasteiger partial charge in [-0.2, -0.15) is 11.3 Å². The van der Waals surface area contributed by atoms with Gasteiger partial charge in [0.15, 0.2) is 0 Å². The van der Waals surface area contributed by atoms with E-state index in [0.29, 0.717) is 18.0 Å². The fourth-order valence-corrected chi connectivity index (χ4v) is 3.59. The number of rotatable bonds is 5. The third kappa shape index (κ3) is 3.05. The molecule has 0 fully saturated rings. The van der Waals surface area contributed by atoms with Crippen molar-refractivity contribution in [2.75, 3.05) is 7.11 Å². The van der Waals surface area contributed by atoms with Crippen LogP contribution < -0.4 is 10.1 Å². The minimum Gasteiger partial charge on any atom is -0.479 e. The molecule has 3 heterocycles. The zero-order chi connectivity index (χ0) is 15.5. The van der Waals surface area contributed by atoms with Crippen LogP contribution in [0.25, 0.3) is 11.1 Å². The molecule has 3 aromatic rings. The molecule has 0 aliphatic rings. The van der Waals surface area contributed by atoms with Gasteiger partial charge in [0.05, 0.1) is 13.7 Å². The van der Waals surface area contributed by atoms with Crippen molar-refractivity contribution in [1.29, 1.82) is 0 Å². The van der Waals surface area contributed by atoms with E-state index < -0.39 is 0 Å². The van der Waals surface area contributed by atoms with E-state index in [4.69, 9.17) is 4.74 Å². The highest BCUT2D eigenvalue weighted by molar-refractivity contribution is 7.10. The zero-order valence-electron chi connectivity index (χ0n) is 12.2. The van der Waals surface area contributed by atoms with Crippen LogP contribution in [0.5, 0.6) is 5.88 Å². The molecule has 0 spiro atoms. The molecule has 114 valence electrons. The van der Waals surface area contributed by atoms with E-state index in [-0.39, 0.29) is 5.91 Å². The highest BCUT2D eigenvalue weighted by Crippen LogP contribution is 2.27. The van der Waals surface area contributed by atoms with Crippen molar-refractivity contribution in [2.24, 2.45) is 7.05 Å². The summed E-state index contributed by atoms with van der Waals surface area (Å²) in [6.07, 6.45) is 1.65. The lowest BCUT2D eigenvalue weighted by atomic mass is 10.2. The van der Waals surface area contributed by atoms with Crippen molar-refractivity contribution in [3.8, 4) is 17.0 Å². The molecule has 0 unspecified atom stereocenters. The number of carbonyl (C=O) groups excluding carboxylic acids is 1. The fraction of sp³-hybridized carbons (Fsp3) is 0.200. The summed E-state index contributed by atoms with van der Waals surface area (Å²) in [7, 11) is 3.26. The SMILES string of the molecule is COc1nn(C)cc1C(=O)NCc1cc(-c2ccsc2)cs1. The third-order valence-corrected chi connectivity index (χ3v) is 4.78. The first-order valence-electron chi connectivity index (χ1n) is 6.63. The highest BCUT2D eigenvalue weighted by atomic mass is 32.1. The summed E-state index contributed by atoms with van der Waals surface area (Å²) in [5.41, 5.74) is 2.85. The normalized spacial score (nSPS) is 10.6. The average Bonchev–Trinajstić information content (AvgIpc) is 3.24. The van der Waals surface area contributed by atoms with E-state index in [1.807, 2.05) is 0 Å². The second kappa shape index (κ2) is 6.33. The Kier molecular flexibility index (Phi) is 4.26. The zero-order valence-corrected chi connectivity index (χ0v) is 13.8. The van der Waals surface area contributed by atoms with E-state index in [2.05, 4.69) is 38.7 Å². The van der Waals surface area contributed by atoms with Gasteiger partial charge in [-0.25, -0.2) is 0 Å². The van der Waals surface area contributed by atoms with Crippen LogP contribution in [0, 0.1) is 0 Å². The van der Waals surface area contributed by atoms with Gasteiger partial charge in [-0.1, -0.05) is 0 Å². The maximum Gasteiger partial charge on any atom is 0.258 e. The van der Waals surface area contributed by atoms with Crippen molar-refractivity contribution in [1.82, 2.24) is 15.1 Å². The predicted molar refractivity (Wildman–Crippen MR) is 88.6 cm³/mol. The number of methoxy groups -OCH3 is 1. The summed E-state index contributed by atoms with van der Waals surface area (Å²) in [5.74, 6) is 0.153. The number of nitrogens with zero attached hydrogens (tertiary/aromatic N) is 2. The van der Waals surface area contributed by atoms with E-state index in [1.54, 1.807) is 40.6 Å². The van der Waals surface area contributed by atoms with Gasteiger partial charge in [-0.05, 0) is 39.4 Å². The van der Waals surface area contributed by atoms with E-state index in [1.165, 1.54) is 18.2 Å². The molecule has 3 rings (SSSR count). The maximum absolute atomic E-state index is 12.2. The summed E-state index contributed by atoms with van der Waals surface area (Å²) in [6, 6.07) is 4.20. The number of aryl methyl sites for hydroxylation is 1. The van der Waals surface area contributed by atoms with Crippen LogP contribution in [0.3, 0.4) is 0 Å². The maximum atomic E-state index is 12.2. The number of hydrogen-bond acceptors (Lipinski definition) is 5. The topological polar surface area (TPSA) is 56.2 Å². The van der Waals surface area contributed by atoms with Crippen LogP contribution >= 0.6 is 22.7 Å². The Morgan fingerprint density at radius 2 is 2.27 bits per heavy atom. The molecular formula is C15H15N3O2S2. The molecule has 0 aliphatic heterocycles. The predicted octanol–water partition coefficient (Wildman–Crippen LogP) is 3.15. The molecule has 7 heteroatoms. The Labute approximate surface area is 136 Å². The molecule has 0 aromatic carbocycles. The van der Waals surface area contributed by atoms with Gasteiger partial charge in [-0.3, -0.25) is 9.48 Å². The Hall–Kier alpha value is -2.12. The summed E-state index contributed by atoms with van der Waals surface area (Å²) in [5, 5.41) is 13.3. The molecule has 3 aromatic heterocycles. The molecule has 0 bridgehead atoms. The van der Waals surface area contributed by atoms with E-state index >= 15 is 0 Å². The number of thiophene rings is 2. The summed E-state index contributed by atoms with van der Waals surface area (Å²) >= 11 is 3.32. The van der Waals surface area contributed by atoms with Gasteiger partial charge in [0.1, 0.15) is 5.56 Å². The van der Waals surface area contributed by atoms with Gasteiger partial charge in [0.25, 0.3) is 5.91 Å². The van der Waals surface area contributed by atoms with Crippen LogP contribution in [0.15, 0.2) is 34.5 Å². The monoisotopic (exact) mass is 333 g/mol. The Bertz CT molecular complexity index is 775. The standard InChI is InChI=1S/C15H15N3O2S2/c1-18-7-13(15(17-18)20-2)14(19)16-6-12-5-11(9-22-12)10-3-4-21-8-10/h3-5,7-9H,6H2,1-2H3,(H,16,19). The van der Waals surface area contributed by atoms with E-state index in [0.717, 1.165) is 4.88 Å². The molecule has 0 radical (unpaired) electrons. The number of nitrogens with one attached hydrogen (secondary N) is 1. The second-order valence-electron chi connectivity index (χ2n) is 4.72. The number of hydrogen-bond donors (Lipinski definition) is 1. The van der Waals surface area contributed by atoms with Crippen LogP contribution in [0.1, 0.15) is 15.2 Å². The van der Waals surface area contributed by atoms with Gasteiger partial charge < -0.3 is 10.1 Å². The van der Waals surface area contributed by atoms with Crippen molar-refractivity contribution in [2.45, 2.75) is 6.54 Å². The largest absolute Gasteiger partial charge is 0.479 e. The minimum absolute atomic E-state index is 0.185. The quantitative estimate of drug-likeness (QED) is 0.780. The fourth-order valence-electron chi connectivity index (χ4n) is 2.09. The van der Waals surface area contributed by atoms with Crippen molar-refractivity contribution in [3.63, 3.8) is 0 Å². The first-order chi connectivity index (χ1) is 10.7. The molecular weight excluding hydrogens is 318 g/mol. The molecule has 1 amide bonds. The van der Waals surface area contributed by atoms with Crippen LogP contribution in [0.2, 0.25) is 0 Å². The Morgan fingerprint density at radius 1 is 1.41 bits per heavy atom. The Balaban J connectivity index is 1.66. The molecule has 0 saturated heterocycles. The van der Waals surface area contributed by atoms with Gasteiger partial charge in [0.2, 0.25) is 5.88 Å². The highest BCUT2D eigenvalue weighted by Gasteiger charge is 2.16. The summed E-state index contributed by atoms with van der Waals surface area (Å²) in [4.78, 5) is 13.3. The lowest BCUT2D eigenvalue weighted by Crippen LogP contribution is -2.22. The number of amides is 1. The summed E-state index contributed by atoms with van der Waals surface area (Å²) in [6.45, 7) is 0.492. The van der Waals surface area contributed by atoms with E-state index in [9.17, 15) is 4.79 Å². The second-order valence-corrected chi connectivity index (χ2v) is 6.50. The van der Waals surface area contributed by atoms with Crippen LogP contribution in [-0.2, 0) is 13.6 Å². The lowest BCUT2D eigenvalue weighted by Gasteiger charge is -2.02. The number of aromatic nitrogens is 2. The van der Waals surface area contributed by atoms with Gasteiger partial charge >= 0.3 is 0 Å². The molecule has 0 atom stereocenters. The molecule has 0 aliphatic carbocycles. The summed E-state index contributed by atoms with van der Waals surface area (Å²) < 4.78 is 6.67. The Morgan fingerprint density at radius 3 is 3.00 bits per heavy atom. The lowest BCUT2D eigenvalue weighted by molar-refractivity contribution is 0.0948. The molecule has 1 N–H and O–H groups in total. The van der Waals surface area contributed by atoms with Crippen molar-refractivity contribution >= 4 is 28.6 Å². The van der Waals surface area contributed by atoms with Gasteiger partial charge in [0, 0.05) is 18.1 Å². The van der Waals surface area contributed by atoms with Gasteiger partial charge in [-0.15, -0.1) is 16.4 Å². The first kappa shape index (κ1) is 14.8. The molecule has 0 saturated carbocycles. The smallest absolute Gasteiger partial charge is 0.258 e. The number of carbonyl (C=O) groups is 1. The van der Waals surface area contributed by atoms with Crippen molar-refractivity contribution in [3.05, 3.63) is 44.9 Å². The average molecular weight is 333 g/mol. The van der Waals surface area contributed by atoms with Crippen LogP contribution in [0.4, 0.5) is 0 Å². The van der Waals surface area contributed by atoms with Crippen molar-refractivity contribution < 1.29 is 9.53 Å². The first-order valence-corrected chi connectivity index (χ1v) is 8.45. The minimum atomic E-state index is -0.185.